The minimum absolute atomic E-state index is 0.0580. The van der Waals surface area contributed by atoms with Gasteiger partial charge in [0.2, 0.25) is 0 Å². The zero-order chi connectivity index (χ0) is 11.2. The van der Waals surface area contributed by atoms with Gasteiger partial charge in [-0.3, -0.25) is 4.79 Å². The lowest BCUT2D eigenvalue weighted by Gasteiger charge is -2.28. The average molecular weight is 202 g/mol. The molecular formula is C10H18O4. The Morgan fingerprint density at radius 3 is 2.64 bits per heavy atom. The number of hydrogen-bond acceptors (Lipinski definition) is 4. The quantitative estimate of drug-likeness (QED) is 0.510. The van der Waals surface area contributed by atoms with Gasteiger partial charge in [-0.05, 0) is 13.8 Å². The van der Waals surface area contributed by atoms with Crippen LogP contribution in [0.5, 0.6) is 0 Å². The first-order valence-corrected chi connectivity index (χ1v) is 4.50. The molecule has 14 heavy (non-hydrogen) atoms. The van der Waals surface area contributed by atoms with Crippen LogP contribution in [0.1, 0.15) is 13.8 Å². The minimum Gasteiger partial charge on any atom is -0.465 e. The maximum Gasteiger partial charge on any atom is 0.315 e. The molecule has 0 amide bonds. The molecule has 2 atom stereocenters. The SMILES string of the molecule is C=C[C@@H](C(=O)OCC)[C@](C)(O)COC. The number of rotatable bonds is 6. The second-order valence-corrected chi connectivity index (χ2v) is 3.26. The first kappa shape index (κ1) is 13.1. The number of carbonyl (C=O) groups excluding carboxylic acids is 1. The van der Waals surface area contributed by atoms with Crippen LogP contribution in [0.2, 0.25) is 0 Å². The van der Waals surface area contributed by atoms with Crippen LogP contribution in [0.3, 0.4) is 0 Å². The highest BCUT2D eigenvalue weighted by atomic mass is 16.5. The molecule has 1 N–H and O–H groups in total. The molecule has 0 aliphatic carbocycles. The van der Waals surface area contributed by atoms with E-state index in [1.54, 1.807) is 6.92 Å². The highest BCUT2D eigenvalue weighted by Gasteiger charge is 2.36. The first-order chi connectivity index (χ1) is 6.49. The highest BCUT2D eigenvalue weighted by molar-refractivity contribution is 5.75. The molecular weight excluding hydrogens is 184 g/mol. The molecule has 0 aromatic carbocycles. The van der Waals surface area contributed by atoms with E-state index < -0.39 is 17.5 Å². The second-order valence-electron chi connectivity index (χ2n) is 3.26. The summed E-state index contributed by atoms with van der Waals surface area (Å²) in [5, 5.41) is 9.87. The van der Waals surface area contributed by atoms with E-state index in [-0.39, 0.29) is 13.2 Å². The van der Waals surface area contributed by atoms with Crippen molar-refractivity contribution < 1.29 is 19.4 Å². The van der Waals surface area contributed by atoms with Crippen LogP contribution < -0.4 is 0 Å². The number of carbonyl (C=O) groups is 1. The molecule has 82 valence electrons. The fraction of sp³-hybridized carbons (Fsp3) is 0.700. The van der Waals surface area contributed by atoms with Gasteiger partial charge in [-0.2, -0.15) is 0 Å². The monoisotopic (exact) mass is 202 g/mol. The van der Waals surface area contributed by atoms with Gasteiger partial charge in [0, 0.05) is 7.11 Å². The summed E-state index contributed by atoms with van der Waals surface area (Å²) in [5.41, 5.74) is -1.28. The zero-order valence-electron chi connectivity index (χ0n) is 8.95. The van der Waals surface area contributed by atoms with E-state index in [0.29, 0.717) is 0 Å². The van der Waals surface area contributed by atoms with Gasteiger partial charge >= 0.3 is 5.97 Å². The van der Waals surface area contributed by atoms with Crippen LogP contribution in [-0.2, 0) is 14.3 Å². The number of methoxy groups -OCH3 is 1. The smallest absolute Gasteiger partial charge is 0.315 e. The van der Waals surface area contributed by atoms with Crippen molar-refractivity contribution in [3.05, 3.63) is 12.7 Å². The maximum atomic E-state index is 11.4. The Morgan fingerprint density at radius 1 is 1.71 bits per heavy atom. The van der Waals surface area contributed by atoms with E-state index in [4.69, 9.17) is 9.47 Å². The van der Waals surface area contributed by atoms with Crippen molar-refractivity contribution in [1.82, 2.24) is 0 Å². The van der Waals surface area contributed by atoms with Gasteiger partial charge in [-0.25, -0.2) is 0 Å². The molecule has 0 aromatic heterocycles. The van der Waals surface area contributed by atoms with Crippen LogP contribution in [0.4, 0.5) is 0 Å². The maximum absolute atomic E-state index is 11.4. The van der Waals surface area contributed by atoms with E-state index in [0.717, 1.165) is 0 Å². The molecule has 0 fully saturated rings. The molecule has 4 nitrogen and oxygen atoms in total. The zero-order valence-corrected chi connectivity index (χ0v) is 8.95. The predicted molar refractivity (Wildman–Crippen MR) is 52.8 cm³/mol. The summed E-state index contributed by atoms with van der Waals surface area (Å²) < 4.78 is 9.61. The molecule has 0 bridgehead atoms. The molecule has 0 unspecified atom stereocenters. The molecule has 0 saturated heterocycles. The third kappa shape index (κ3) is 3.47. The lowest BCUT2D eigenvalue weighted by molar-refractivity contribution is -0.156. The molecule has 0 spiro atoms. The second kappa shape index (κ2) is 5.78. The molecule has 0 heterocycles. The average Bonchev–Trinajstić information content (AvgIpc) is 2.04. The van der Waals surface area contributed by atoms with Crippen LogP contribution in [0, 0.1) is 5.92 Å². The van der Waals surface area contributed by atoms with E-state index in [1.165, 1.54) is 20.1 Å². The summed E-state index contributed by atoms with van der Waals surface area (Å²) in [6, 6.07) is 0. The number of esters is 1. The Balaban J connectivity index is 4.52. The van der Waals surface area contributed by atoms with E-state index in [9.17, 15) is 9.90 Å². The highest BCUT2D eigenvalue weighted by Crippen LogP contribution is 2.20. The van der Waals surface area contributed by atoms with Gasteiger partial charge in [-0.1, -0.05) is 6.08 Å². The van der Waals surface area contributed by atoms with Crippen molar-refractivity contribution in [1.29, 1.82) is 0 Å². The van der Waals surface area contributed by atoms with Crippen LogP contribution in [0.25, 0.3) is 0 Å². The lowest BCUT2D eigenvalue weighted by atomic mass is 9.90. The molecule has 0 aliphatic rings. The Kier molecular flexibility index (Phi) is 5.42. The molecule has 0 saturated carbocycles. The summed E-state index contributed by atoms with van der Waals surface area (Å²) in [4.78, 5) is 11.4. The summed E-state index contributed by atoms with van der Waals surface area (Å²) >= 11 is 0. The third-order valence-corrected chi connectivity index (χ3v) is 1.88. The topological polar surface area (TPSA) is 55.8 Å². The molecule has 0 rings (SSSR count). The predicted octanol–water partition coefficient (Wildman–Crippen LogP) is 0.749. The molecule has 0 radical (unpaired) electrons. The number of ether oxygens (including phenoxy) is 2. The molecule has 0 aliphatic heterocycles. The van der Waals surface area contributed by atoms with Crippen molar-refractivity contribution in [3.8, 4) is 0 Å². The summed E-state index contributed by atoms with van der Waals surface area (Å²) in [6.45, 7) is 7.06. The third-order valence-electron chi connectivity index (χ3n) is 1.88. The Hall–Kier alpha value is -0.870. The molecule has 0 aromatic rings. The van der Waals surface area contributed by atoms with Crippen LogP contribution in [-0.4, -0.2) is 37.0 Å². The minimum atomic E-state index is -1.28. The van der Waals surface area contributed by atoms with Crippen molar-refractivity contribution in [3.63, 3.8) is 0 Å². The van der Waals surface area contributed by atoms with Gasteiger partial charge in [0.1, 0.15) is 11.5 Å². The summed E-state index contributed by atoms with van der Waals surface area (Å²) in [7, 11) is 1.46. The van der Waals surface area contributed by atoms with Crippen molar-refractivity contribution in [2.75, 3.05) is 20.3 Å². The van der Waals surface area contributed by atoms with E-state index in [1.807, 2.05) is 0 Å². The summed E-state index contributed by atoms with van der Waals surface area (Å²) in [6.07, 6.45) is 1.37. The fourth-order valence-corrected chi connectivity index (χ4v) is 1.22. The number of aliphatic hydroxyl groups is 1. The van der Waals surface area contributed by atoms with Gasteiger partial charge < -0.3 is 14.6 Å². The standard InChI is InChI=1S/C10H18O4/c1-5-8(9(11)14-6-2)10(3,12)7-13-4/h5,8,12H,1,6-7H2,2-4H3/t8-,10+/m0/s1. The first-order valence-electron chi connectivity index (χ1n) is 4.50. The van der Waals surface area contributed by atoms with Crippen molar-refractivity contribution in [2.24, 2.45) is 5.92 Å². The van der Waals surface area contributed by atoms with E-state index >= 15 is 0 Å². The Labute approximate surface area is 84.5 Å². The van der Waals surface area contributed by atoms with Crippen molar-refractivity contribution >= 4 is 5.97 Å². The Morgan fingerprint density at radius 2 is 2.29 bits per heavy atom. The number of hydrogen-bond donors (Lipinski definition) is 1. The lowest BCUT2D eigenvalue weighted by Crippen LogP contribution is -2.43. The van der Waals surface area contributed by atoms with Crippen LogP contribution in [0.15, 0.2) is 12.7 Å². The van der Waals surface area contributed by atoms with Crippen molar-refractivity contribution in [2.45, 2.75) is 19.4 Å². The van der Waals surface area contributed by atoms with Crippen LogP contribution >= 0.6 is 0 Å². The van der Waals surface area contributed by atoms with Gasteiger partial charge in [0.25, 0.3) is 0 Å². The van der Waals surface area contributed by atoms with E-state index in [2.05, 4.69) is 6.58 Å². The van der Waals surface area contributed by atoms with Gasteiger partial charge in [0.05, 0.1) is 13.2 Å². The largest absolute Gasteiger partial charge is 0.465 e. The normalized spacial score (nSPS) is 16.9. The Bertz CT molecular complexity index is 198. The summed E-state index contributed by atoms with van der Waals surface area (Å²) in [5.74, 6) is -1.24. The van der Waals surface area contributed by atoms with Gasteiger partial charge in [0.15, 0.2) is 0 Å². The molecule has 4 heteroatoms. The fourth-order valence-electron chi connectivity index (χ4n) is 1.22. The van der Waals surface area contributed by atoms with Gasteiger partial charge in [-0.15, -0.1) is 6.58 Å².